The summed E-state index contributed by atoms with van der Waals surface area (Å²) in [5, 5.41) is 0. The van der Waals surface area contributed by atoms with Gasteiger partial charge in [0.15, 0.2) is 0 Å². The van der Waals surface area contributed by atoms with Crippen molar-refractivity contribution in [2.24, 2.45) is 17.6 Å². The number of thiocarbonyl (C=S) groups is 1. The minimum atomic E-state index is -0.351. The van der Waals surface area contributed by atoms with Crippen molar-refractivity contribution in [1.29, 1.82) is 0 Å². The molecule has 0 aliphatic carbocycles. The van der Waals surface area contributed by atoms with Gasteiger partial charge in [0.1, 0.15) is 0 Å². The van der Waals surface area contributed by atoms with Gasteiger partial charge in [0.05, 0.1) is 30.2 Å². The van der Waals surface area contributed by atoms with Gasteiger partial charge in [-0.15, -0.1) is 0 Å². The molecule has 0 saturated carbocycles. The Bertz CT molecular complexity index is 281. The van der Waals surface area contributed by atoms with Gasteiger partial charge in [-0.2, -0.15) is 0 Å². The second-order valence-corrected chi connectivity index (χ2v) is 5.05. The van der Waals surface area contributed by atoms with Gasteiger partial charge in [0.2, 0.25) is 5.91 Å². The molecular weight excluding hydrogens is 224 g/mol. The van der Waals surface area contributed by atoms with E-state index in [9.17, 15) is 4.79 Å². The lowest BCUT2D eigenvalue weighted by molar-refractivity contribution is -0.142. The summed E-state index contributed by atoms with van der Waals surface area (Å²) in [5.74, 6) is -0.172. The highest BCUT2D eigenvalue weighted by atomic mass is 32.1. The maximum absolute atomic E-state index is 12.3. The van der Waals surface area contributed by atoms with Gasteiger partial charge in [-0.25, -0.2) is 0 Å². The molecule has 5 heteroatoms. The van der Waals surface area contributed by atoms with Crippen molar-refractivity contribution in [2.45, 2.75) is 26.8 Å². The van der Waals surface area contributed by atoms with Crippen LogP contribution in [0.25, 0.3) is 0 Å². The Hall–Kier alpha value is -0.680. The average Bonchev–Trinajstić information content (AvgIpc) is 2.16. The number of carbonyl (C=O) groups is 1. The molecule has 1 heterocycles. The molecule has 2 unspecified atom stereocenters. The second kappa shape index (κ2) is 5.59. The minimum absolute atomic E-state index is 0.0401. The third-order valence-electron chi connectivity index (χ3n) is 2.89. The molecule has 4 nitrogen and oxygen atoms in total. The Kier molecular flexibility index (Phi) is 4.68. The summed E-state index contributed by atoms with van der Waals surface area (Å²) in [4.78, 5) is 14.4. The van der Waals surface area contributed by atoms with Gasteiger partial charge in [-0.3, -0.25) is 4.79 Å². The molecule has 0 radical (unpaired) electrons. The summed E-state index contributed by atoms with van der Waals surface area (Å²) in [5.41, 5.74) is 5.64. The van der Waals surface area contributed by atoms with Crippen LogP contribution in [0.4, 0.5) is 0 Å². The molecule has 92 valence electrons. The van der Waals surface area contributed by atoms with Crippen LogP contribution in [0.15, 0.2) is 0 Å². The molecule has 2 atom stereocenters. The third-order valence-corrected chi connectivity index (χ3v) is 3.14. The fourth-order valence-corrected chi connectivity index (χ4v) is 2.34. The van der Waals surface area contributed by atoms with Gasteiger partial charge in [0.25, 0.3) is 0 Å². The number of nitrogens with zero attached hydrogens (tertiary/aromatic N) is 1. The number of carbonyl (C=O) groups excluding carboxylic acids is 1. The Morgan fingerprint density at radius 1 is 1.56 bits per heavy atom. The maximum Gasteiger partial charge on any atom is 0.233 e. The first-order valence-corrected chi connectivity index (χ1v) is 6.03. The first kappa shape index (κ1) is 13.4. The maximum atomic E-state index is 12.3. The van der Waals surface area contributed by atoms with Crippen molar-refractivity contribution in [2.75, 3.05) is 19.8 Å². The van der Waals surface area contributed by atoms with Crippen LogP contribution in [0, 0.1) is 11.8 Å². The molecule has 0 bridgehead atoms. The van der Waals surface area contributed by atoms with E-state index >= 15 is 0 Å². The Morgan fingerprint density at radius 3 is 2.62 bits per heavy atom. The van der Waals surface area contributed by atoms with Crippen LogP contribution in [0.5, 0.6) is 0 Å². The number of nitrogens with two attached hydrogens (primary N) is 1. The topological polar surface area (TPSA) is 55.6 Å². The van der Waals surface area contributed by atoms with E-state index in [1.165, 1.54) is 0 Å². The van der Waals surface area contributed by atoms with Gasteiger partial charge in [-0.05, 0) is 12.8 Å². The summed E-state index contributed by atoms with van der Waals surface area (Å²) >= 11 is 4.98. The summed E-state index contributed by atoms with van der Waals surface area (Å²) in [6, 6.07) is 0.108. The molecule has 1 fully saturated rings. The van der Waals surface area contributed by atoms with Crippen LogP contribution in [-0.4, -0.2) is 41.6 Å². The Labute approximate surface area is 102 Å². The van der Waals surface area contributed by atoms with Crippen LogP contribution >= 0.6 is 12.2 Å². The first-order valence-electron chi connectivity index (χ1n) is 5.62. The number of amides is 1. The molecule has 1 aliphatic rings. The molecule has 0 spiro atoms. The van der Waals surface area contributed by atoms with Gasteiger partial charge < -0.3 is 15.4 Å². The minimum Gasteiger partial charge on any atom is -0.393 e. The standard InChI is InChI=1S/C11H20N2O2S/c1-7(2)9(10(12)16)11(14)13-4-5-15-6-8(13)3/h7-9H,4-6H2,1-3H3,(H2,12,16). The highest BCUT2D eigenvalue weighted by molar-refractivity contribution is 7.80. The van der Waals surface area contributed by atoms with Crippen LogP contribution in [0.3, 0.4) is 0 Å². The highest BCUT2D eigenvalue weighted by Crippen LogP contribution is 2.18. The molecule has 0 aromatic carbocycles. The predicted octanol–water partition coefficient (Wildman–Crippen LogP) is 0.792. The molecule has 1 rings (SSSR count). The van der Waals surface area contributed by atoms with Gasteiger partial charge >= 0.3 is 0 Å². The van der Waals surface area contributed by atoms with Crippen molar-refractivity contribution < 1.29 is 9.53 Å². The van der Waals surface area contributed by atoms with E-state index < -0.39 is 0 Å². The number of hydrogen-bond acceptors (Lipinski definition) is 3. The summed E-state index contributed by atoms with van der Waals surface area (Å²) < 4.78 is 5.30. The Balaban J connectivity index is 2.77. The number of hydrogen-bond donors (Lipinski definition) is 1. The van der Waals surface area contributed by atoms with Crippen molar-refractivity contribution in [1.82, 2.24) is 4.90 Å². The van der Waals surface area contributed by atoms with Gasteiger partial charge in [-0.1, -0.05) is 26.1 Å². The summed E-state index contributed by atoms with van der Waals surface area (Å²) in [6.07, 6.45) is 0. The number of rotatable bonds is 3. The van der Waals surface area contributed by atoms with Crippen molar-refractivity contribution in [3.8, 4) is 0 Å². The molecule has 1 aliphatic heterocycles. The normalized spacial score (nSPS) is 23.2. The predicted molar refractivity (Wildman–Crippen MR) is 67.1 cm³/mol. The zero-order valence-corrected chi connectivity index (χ0v) is 10.9. The van der Waals surface area contributed by atoms with Gasteiger partial charge in [0, 0.05) is 6.54 Å². The van der Waals surface area contributed by atoms with E-state index in [1.807, 2.05) is 25.7 Å². The first-order chi connectivity index (χ1) is 7.45. The van der Waals surface area contributed by atoms with E-state index in [4.69, 9.17) is 22.7 Å². The lowest BCUT2D eigenvalue weighted by Crippen LogP contribution is -2.52. The molecule has 16 heavy (non-hydrogen) atoms. The SMILES string of the molecule is CC(C)C(C(=O)N1CCOCC1C)C(N)=S. The van der Waals surface area contributed by atoms with Crippen molar-refractivity contribution in [3.05, 3.63) is 0 Å². The van der Waals surface area contributed by atoms with Crippen LogP contribution < -0.4 is 5.73 Å². The fourth-order valence-electron chi connectivity index (χ4n) is 1.97. The second-order valence-electron chi connectivity index (χ2n) is 4.58. The monoisotopic (exact) mass is 244 g/mol. The molecule has 0 aromatic rings. The molecular formula is C11H20N2O2S. The average molecular weight is 244 g/mol. The van der Waals surface area contributed by atoms with E-state index in [2.05, 4.69) is 0 Å². The Morgan fingerprint density at radius 2 is 2.19 bits per heavy atom. The largest absolute Gasteiger partial charge is 0.393 e. The summed E-state index contributed by atoms with van der Waals surface area (Å²) in [7, 11) is 0. The molecule has 1 saturated heterocycles. The number of morpholine rings is 1. The van der Waals surface area contributed by atoms with E-state index in [1.54, 1.807) is 0 Å². The lowest BCUT2D eigenvalue weighted by atomic mass is 9.93. The van der Waals surface area contributed by atoms with Crippen molar-refractivity contribution >= 4 is 23.1 Å². The van der Waals surface area contributed by atoms with Crippen molar-refractivity contribution in [3.63, 3.8) is 0 Å². The zero-order chi connectivity index (χ0) is 12.3. The molecule has 1 amide bonds. The highest BCUT2D eigenvalue weighted by Gasteiger charge is 2.33. The van der Waals surface area contributed by atoms with E-state index in [0.29, 0.717) is 24.7 Å². The molecule has 0 aromatic heterocycles. The quantitative estimate of drug-likeness (QED) is 0.746. The van der Waals surface area contributed by atoms with Crippen LogP contribution in [-0.2, 0) is 9.53 Å². The lowest BCUT2D eigenvalue weighted by Gasteiger charge is -2.36. The summed E-state index contributed by atoms with van der Waals surface area (Å²) in [6.45, 7) is 7.73. The van der Waals surface area contributed by atoms with Crippen LogP contribution in [0.2, 0.25) is 0 Å². The van der Waals surface area contributed by atoms with E-state index in [0.717, 1.165) is 0 Å². The van der Waals surface area contributed by atoms with E-state index in [-0.39, 0.29) is 23.8 Å². The van der Waals surface area contributed by atoms with Crippen LogP contribution in [0.1, 0.15) is 20.8 Å². The fraction of sp³-hybridized carbons (Fsp3) is 0.818. The zero-order valence-electron chi connectivity index (χ0n) is 10.1. The number of ether oxygens (including phenoxy) is 1. The smallest absolute Gasteiger partial charge is 0.233 e. The third kappa shape index (κ3) is 2.92. The molecule has 2 N–H and O–H groups in total.